The van der Waals surface area contributed by atoms with E-state index in [1.54, 1.807) is 12.3 Å². The first-order valence-electron chi connectivity index (χ1n) is 9.39. The van der Waals surface area contributed by atoms with Gasteiger partial charge in [-0.15, -0.1) is 5.11 Å². The second-order valence-corrected chi connectivity index (χ2v) is 7.00. The van der Waals surface area contributed by atoms with Gasteiger partial charge in [0.1, 0.15) is 24.1 Å². The predicted octanol–water partition coefficient (Wildman–Crippen LogP) is 3.57. The minimum absolute atomic E-state index is 0.0212. The molecule has 1 aromatic carbocycles. The summed E-state index contributed by atoms with van der Waals surface area (Å²) in [6.07, 6.45) is -0.912. The molecule has 0 spiro atoms. The van der Waals surface area contributed by atoms with Crippen LogP contribution < -0.4 is 5.32 Å². The van der Waals surface area contributed by atoms with E-state index in [1.165, 1.54) is 17.4 Å². The number of halogens is 4. The Morgan fingerprint density at radius 2 is 2.07 bits per heavy atom. The summed E-state index contributed by atoms with van der Waals surface area (Å²) < 4.78 is 59.8. The zero-order valence-electron chi connectivity index (χ0n) is 15.8. The largest absolute Gasteiger partial charge is 0.440 e. The summed E-state index contributed by atoms with van der Waals surface area (Å²) in [4.78, 5) is 8.90. The SMILES string of the molecule is N=N/C(=C\[NH2+]Cc1nc2cnc3ccc(F)cc3c2n1C1CCOCC1)C(F)(F)F. The molecule has 1 saturated heterocycles. The molecular formula is C19H19F4N6O+. The van der Waals surface area contributed by atoms with Gasteiger partial charge in [0.25, 0.3) is 0 Å². The summed E-state index contributed by atoms with van der Waals surface area (Å²) in [6.45, 7) is 1.21. The summed E-state index contributed by atoms with van der Waals surface area (Å²) in [5.41, 5.74) is 7.32. The molecule has 158 valence electrons. The molecule has 1 aliphatic heterocycles. The Labute approximate surface area is 168 Å². The van der Waals surface area contributed by atoms with Gasteiger partial charge in [-0.25, -0.2) is 14.9 Å². The van der Waals surface area contributed by atoms with Crippen molar-refractivity contribution in [3.8, 4) is 0 Å². The Hall–Kier alpha value is -2.92. The average molecular weight is 423 g/mol. The van der Waals surface area contributed by atoms with Crippen molar-refractivity contribution >= 4 is 21.9 Å². The Kier molecular flexibility index (Phi) is 5.48. The van der Waals surface area contributed by atoms with Crippen LogP contribution in [0.1, 0.15) is 24.7 Å². The predicted molar refractivity (Wildman–Crippen MR) is 99.0 cm³/mol. The first-order chi connectivity index (χ1) is 14.4. The molecule has 1 aliphatic rings. The van der Waals surface area contributed by atoms with Gasteiger partial charge in [-0.05, 0) is 31.0 Å². The number of nitrogens with one attached hydrogen (secondary N) is 1. The molecule has 0 saturated carbocycles. The third-order valence-corrected chi connectivity index (χ3v) is 5.09. The Balaban J connectivity index is 1.80. The number of fused-ring (bicyclic) bond motifs is 3. The normalized spacial score (nSPS) is 16.5. The van der Waals surface area contributed by atoms with E-state index in [2.05, 4.69) is 15.1 Å². The van der Waals surface area contributed by atoms with Gasteiger partial charge in [-0.1, -0.05) is 0 Å². The van der Waals surface area contributed by atoms with Crippen molar-refractivity contribution in [3.05, 3.63) is 47.9 Å². The molecule has 3 N–H and O–H groups in total. The van der Waals surface area contributed by atoms with Gasteiger partial charge < -0.3 is 14.6 Å². The van der Waals surface area contributed by atoms with Crippen LogP contribution in [0.4, 0.5) is 17.6 Å². The Morgan fingerprint density at radius 1 is 1.30 bits per heavy atom. The second-order valence-electron chi connectivity index (χ2n) is 7.00. The first-order valence-corrected chi connectivity index (χ1v) is 9.39. The maximum atomic E-state index is 14.0. The Morgan fingerprint density at radius 3 is 2.77 bits per heavy atom. The van der Waals surface area contributed by atoms with Gasteiger partial charge in [0.15, 0.2) is 5.82 Å². The number of rotatable bonds is 5. The van der Waals surface area contributed by atoms with E-state index in [0.29, 0.717) is 53.8 Å². The van der Waals surface area contributed by atoms with Gasteiger partial charge in [0, 0.05) is 24.6 Å². The number of nitrogens with two attached hydrogens (primary N) is 1. The average Bonchev–Trinajstić information content (AvgIpc) is 3.09. The number of hydrogen-bond donors (Lipinski definition) is 2. The lowest BCUT2D eigenvalue weighted by Gasteiger charge is -2.25. The van der Waals surface area contributed by atoms with Crippen LogP contribution >= 0.6 is 0 Å². The summed E-state index contributed by atoms with van der Waals surface area (Å²) in [5, 5.41) is 4.44. The highest BCUT2D eigenvalue weighted by molar-refractivity contribution is 6.02. The van der Waals surface area contributed by atoms with Crippen LogP contribution in [0.3, 0.4) is 0 Å². The lowest BCUT2D eigenvalue weighted by molar-refractivity contribution is -0.607. The number of benzene rings is 1. The molecular weight excluding hydrogens is 404 g/mol. The summed E-state index contributed by atoms with van der Waals surface area (Å²) in [5.74, 6) is 0.137. The maximum absolute atomic E-state index is 14.0. The van der Waals surface area contributed by atoms with Crippen molar-refractivity contribution in [1.29, 1.82) is 5.53 Å². The fourth-order valence-corrected chi connectivity index (χ4v) is 3.75. The maximum Gasteiger partial charge on any atom is 0.440 e. The van der Waals surface area contributed by atoms with E-state index in [9.17, 15) is 17.6 Å². The molecule has 1 fully saturated rings. The van der Waals surface area contributed by atoms with Crippen molar-refractivity contribution in [2.45, 2.75) is 31.6 Å². The highest BCUT2D eigenvalue weighted by Gasteiger charge is 2.35. The van der Waals surface area contributed by atoms with E-state index in [0.717, 1.165) is 6.20 Å². The third kappa shape index (κ3) is 3.90. The number of alkyl halides is 3. The fourth-order valence-electron chi connectivity index (χ4n) is 3.75. The number of hydrogen-bond acceptors (Lipinski definition) is 5. The molecule has 3 heterocycles. The van der Waals surface area contributed by atoms with Crippen LogP contribution in [0, 0.1) is 11.3 Å². The monoisotopic (exact) mass is 423 g/mol. The van der Waals surface area contributed by atoms with Crippen LogP contribution in [-0.4, -0.2) is 33.9 Å². The number of quaternary nitrogens is 1. The molecule has 7 nitrogen and oxygen atoms in total. The topological polar surface area (TPSA) is 92.8 Å². The van der Waals surface area contributed by atoms with Crippen LogP contribution in [0.5, 0.6) is 0 Å². The summed E-state index contributed by atoms with van der Waals surface area (Å²) in [7, 11) is 0. The zero-order chi connectivity index (χ0) is 21.3. The van der Waals surface area contributed by atoms with Gasteiger partial charge in [-0.3, -0.25) is 4.98 Å². The highest BCUT2D eigenvalue weighted by atomic mass is 19.4. The first kappa shape index (κ1) is 20.4. The van der Waals surface area contributed by atoms with E-state index in [1.807, 2.05) is 4.57 Å². The molecule has 0 amide bonds. The van der Waals surface area contributed by atoms with Gasteiger partial charge in [-0.2, -0.15) is 13.2 Å². The lowest BCUT2D eigenvalue weighted by Crippen LogP contribution is -2.77. The van der Waals surface area contributed by atoms with Crippen molar-refractivity contribution < 1.29 is 27.6 Å². The molecule has 0 radical (unpaired) electrons. The standard InChI is InChI=1S/C19H18F4N6O/c20-11-1-2-14-13(7-11)18-15(8-26-14)27-17(29(18)12-3-5-30-6-4-12)10-25-9-16(28-24)19(21,22)23/h1-2,7-9,12,24-25H,3-6,10H2/p+1/b16-9-,28-24?. The summed E-state index contributed by atoms with van der Waals surface area (Å²) >= 11 is 0. The van der Waals surface area contributed by atoms with Crippen LogP contribution in [-0.2, 0) is 11.3 Å². The molecule has 30 heavy (non-hydrogen) atoms. The van der Waals surface area contributed by atoms with Crippen molar-refractivity contribution in [1.82, 2.24) is 14.5 Å². The van der Waals surface area contributed by atoms with Gasteiger partial charge >= 0.3 is 6.18 Å². The molecule has 0 atom stereocenters. The van der Waals surface area contributed by atoms with Crippen LogP contribution in [0.2, 0.25) is 0 Å². The summed E-state index contributed by atoms with van der Waals surface area (Å²) in [6, 6.07) is 4.34. The van der Waals surface area contributed by atoms with Gasteiger partial charge in [0.05, 0.1) is 17.2 Å². The minimum atomic E-state index is -4.70. The molecule has 3 aromatic rings. The number of imidazole rings is 1. The molecule has 0 unspecified atom stereocenters. The van der Waals surface area contributed by atoms with E-state index in [-0.39, 0.29) is 12.6 Å². The quantitative estimate of drug-likeness (QED) is 0.485. The van der Waals surface area contributed by atoms with Crippen LogP contribution in [0.25, 0.3) is 21.9 Å². The molecule has 0 aliphatic carbocycles. The van der Waals surface area contributed by atoms with E-state index in [4.69, 9.17) is 10.3 Å². The number of allylic oxidation sites excluding steroid dienone is 1. The fraction of sp³-hybridized carbons (Fsp3) is 0.368. The number of ether oxygens (including phenoxy) is 1. The molecule has 11 heteroatoms. The van der Waals surface area contributed by atoms with Crippen molar-refractivity contribution in [2.24, 2.45) is 5.11 Å². The highest BCUT2D eigenvalue weighted by Crippen LogP contribution is 2.32. The van der Waals surface area contributed by atoms with E-state index >= 15 is 0 Å². The smallest absolute Gasteiger partial charge is 0.381 e. The number of nitrogens with zero attached hydrogens (tertiary/aromatic N) is 4. The molecule has 2 aromatic heterocycles. The lowest BCUT2D eigenvalue weighted by atomic mass is 10.1. The van der Waals surface area contributed by atoms with Crippen molar-refractivity contribution in [3.63, 3.8) is 0 Å². The second kappa shape index (κ2) is 8.07. The van der Waals surface area contributed by atoms with Gasteiger partial charge in [0.2, 0.25) is 5.70 Å². The van der Waals surface area contributed by atoms with Crippen molar-refractivity contribution in [2.75, 3.05) is 13.2 Å². The molecule has 0 bridgehead atoms. The number of aromatic nitrogens is 3. The zero-order valence-corrected chi connectivity index (χ0v) is 15.8. The van der Waals surface area contributed by atoms with Crippen LogP contribution in [0.15, 0.2) is 41.4 Å². The van der Waals surface area contributed by atoms with E-state index < -0.39 is 17.7 Å². The molecule has 4 rings (SSSR count). The minimum Gasteiger partial charge on any atom is -0.381 e. The Bertz CT molecular complexity index is 1120. The third-order valence-electron chi connectivity index (χ3n) is 5.09. The number of pyridine rings is 1.